The van der Waals surface area contributed by atoms with Gasteiger partial charge in [0.15, 0.2) is 0 Å². The van der Waals surface area contributed by atoms with Crippen LogP contribution >= 0.6 is 0 Å². The van der Waals surface area contributed by atoms with Crippen LogP contribution in [0.3, 0.4) is 0 Å². The minimum Gasteiger partial charge on any atom is -0.493 e. The number of rotatable bonds is 4. The Kier molecular flexibility index (Phi) is 5.17. The number of aromatic nitrogens is 2. The van der Waals surface area contributed by atoms with Crippen LogP contribution in [-0.2, 0) is 13.1 Å². The van der Waals surface area contributed by atoms with Crippen LogP contribution in [0, 0.1) is 0 Å². The van der Waals surface area contributed by atoms with Crippen LogP contribution in [0.1, 0.15) is 29.6 Å². The number of hydrogen-bond donors (Lipinski definition) is 2. The fraction of sp³-hybridized carbons (Fsp3) is 0.214. The molecule has 7 heteroatoms. The second-order valence-corrected chi connectivity index (χ2v) is 9.16. The number of nitrogens with one attached hydrogen (secondary N) is 1. The summed E-state index contributed by atoms with van der Waals surface area (Å²) in [5.74, 6) is 0.193. The molecule has 0 radical (unpaired) electrons. The van der Waals surface area contributed by atoms with Gasteiger partial charge in [-0.25, -0.2) is 9.59 Å². The zero-order chi connectivity index (χ0) is 23.9. The van der Waals surface area contributed by atoms with E-state index in [2.05, 4.69) is 17.4 Å². The van der Waals surface area contributed by atoms with E-state index in [1.165, 1.54) is 10.1 Å². The molecule has 7 nitrogen and oxygen atoms in total. The van der Waals surface area contributed by atoms with Crippen LogP contribution in [0.2, 0.25) is 0 Å². The Morgan fingerprint density at radius 2 is 1.57 bits per heavy atom. The molecule has 2 amide bonds. The normalized spacial score (nSPS) is 18.7. The third-order valence-corrected chi connectivity index (χ3v) is 7.04. The Labute approximate surface area is 202 Å². The number of fused-ring (bicyclic) bond motifs is 1. The smallest absolute Gasteiger partial charge is 0.331 e. The molecule has 2 aliphatic rings. The van der Waals surface area contributed by atoms with E-state index in [0.29, 0.717) is 18.8 Å². The molecular weight excluding hydrogens is 440 g/mol. The first-order valence-electron chi connectivity index (χ1n) is 11.9. The summed E-state index contributed by atoms with van der Waals surface area (Å²) in [4.78, 5) is 27.9. The van der Waals surface area contributed by atoms with Crippen molar-refractivity contribution in [2.75, 3.05) is 11.9 Å². The highest BCUT2D eigenvalue weighted by Gasteiger charge is 2.44. The second kappa shape index (κ2) is 8.51. The van der Waals surface area contributed by atoms with Gasteiger partial charge in [-0.3, -0.25) is 9.13 Å². The van der Waals surface area contributed by atoms with Crippen LogP contribution in [0.25, 0.3) is 11.1 Å². The SMILES string of the molecule is O=C(Nc1ccccc1-c1ccccc1)N1CCn2c(c(O)n([C@@H]3C[C@H]3c3ccccc3)c2=O)C1. The van der Waals surface area contributed by atoms with Gasteiger partial charge >= 0.3 is 11.7 Å². The summed E-state index contributed by atoms with van der Waals surface area (Å²) in [6, 6.07) is 27.3. The number of benzene rings is 3. The van der Waals surface area contributed by atoms with Gasteiger partial charge in [0.1, 0.15) is 5.69 Å². The first kappa shape index (κ1) is 21.3. The maximum Gasteiger partial charge on any atom is 0.331 e. The number of aromatic hydroxyl groups is 1. The summed E-state index contributed by atoms with van der Waals surface area (Å²) in [5, 5.41) is 14.0. The number of para-hydroxylation sites is 1. The van der Waals surface area contributed by atoms with Gasteiger partial charge in [-0.15, -0.1) is 0 Å². The largest absolute Gasteiger partial charge is 0.493 e. The summed E-state index contributed by atoms with van der Waals surface area (Å²) in [7, 11) is 0. The van der Waals surface area contributed by atoms with Crippen molar-refractivity contribution in [2.24, 2.45) is 0 Å². The zero-order valence-electron chi connectivity index (χ0n) is 19.2. The van der Waals surface area contributed by atoms with Crippen molar-refractivity contribution >= 4 is 11.7 Å². The molecular formula is C28H26N4O3. The van der Waals surface area contributed by atoms with E-state index < -0.39 is 0 Å². The summed E-state index contributed by atoms with van der Waals surface area (Å²) in [6.45, 7) is 0.920. The van der Waals surface area contributed by atoms with Crippen LogP contribution in [0.15, 0.2) is 89.7 Å². The molecule has 0 saturated heterocycles. The quantitative estimate of drug-likeness (QED) is 0.454. The Balaban J connectivity index is 1.22. The molecule has 2 heterocycles. The molecule has 176 valence electrons. The molecule has 35 heavy (non-hydrogen) atoms. The molecule has 1 aromatic heterocycles. The first-order valence-corrected chi connectivity index (χ1v) is 11.9. The third-order valence-electron chi connectivity index (χ3n) is 7.04. The van der Waals surface area contributed by atoms with E-state index >= 15 is 0 Å². The highest BCUT2D eigenvalue weighted by molar-refractivity contribution is 5.94. The van der Waals surface area contributed by atoms with Crippen molar-refractivity contribution < 1.29 is 9.90 Å². The minimum absolute atomic E-state index is 0.0272. The van der Waals surface area contributed by atoms with E-state index in [0.717, 1.165) is 23.2 Å². The van der Waals surface area contributed by atoms with E-state index in [9.17, 15) is 14.7 Å². The molecule has 2 N–H and O–H groups in total. The Bertz CT molecular complexity index is 1440. The predicted octanol–water partition coefficient (Wildman–Crippen LogP) is 4.80. The molecule has 0 bridgehead atoms. The summed E-state index contributed by atoms with van der Waals surface area (Å²) < 4.78 is 3.12. The molecule has 0 spiro atoms. The lowest BCUT2D eigenvalue weighted by atomic mass is 10.0. The molecule has 6 rings (SSSR count). The van der Waals surface area contributed by atoms with Gasteiger partial charge in [-0.2, -0.15) is 0 Å². The Morgan fingerprint density at radius 1 is 0.886 bits per heavy atom. The number of nitrogens with zero attached hydrogens (tertiary/aromatic N) is 3. The monoisotopic (exact) mass is 466 g/mol. The number of hydrogen-bond acceptors (Lipinski definition) is 3. The van der Waals surface area contributed by atoms with Crippen LogP contribution in [-0.4, -0.2) is 31.7 Å². The van der Waals surface area contributed by atoms with E-state index in [1.54, 1.807) is 9.47 Å². The minimum atomic E-state index is -0.257. The standard InChI is InChI=1S/C28H26N4O3/c33-26-25-18-30(27(34)29-23-14-8-7-13-21(23)19-9-3-1-4-10-19)15-16-31(25)28(35)32(26)24-17-22(24)20-11-5-2-6-12-20/h1-14,22,24,33H,15-18H2,(H,29,34)/t22-,24+/m0/s1. The van der Waals surface area contributed by atoms with Crippen molar-refractivity contribution in [2.45, 2.75) is 31.5 Å². The Morgan fingerprint density at radius 3 is 2.34 bits per heavy atom. The third kappa shape index (κ3) is 3.79. The van der Waals surface area contributed by atoms with E-state index in [1.807, 2.05) is 72.8 Å². The Hall–Kier alpha value is -4.26. The topological polar surface area (TPSA) is 79.5 Å². The number of imidazole rings is 1. The average molecular weight is 467 g/mol. The molecule has 1 aliphatic carbocycles. The molecule has 0 unspecified atom stereocenters. The molecule has 3 aromatic carbocycles. The van der Waals surface area contributed by atoms with E-state index in [-0.39, 0.29) is 36.1 Å². The van der Waals surface area contributed by atoms with Gasteiger partial charge in [0.25, 0.3) is 0 Å². The number of amides is 2. The fourth-order valence-corrected chi connectivity index (χ4v) is 5.12. The van der Waals surface area contributed by atoms with Gasteiger partial charge in [-0.05, 0) is 23.6 Å². The molecule has 2 atom stereocenters. The van der Waals surface area contributed by atoms with Gasteiger partial charge in [-0.1, -0.05) is 78.9 Å². The van der Waals surface area contributed by atoms with Crippen molar-refractivity contribution in [1.82, 2.24) is 14.0 Å². The lowest BCUT2D eigenvalue weighted by Gasteiger charge is -2.28. The fourth-order valence-electron chi connectivity index (χ4n) is 5.12. The van der Waals surface area contributed by atoms with Gasteiger partial charge in [0.2, 0.25) is 5.88 Å². The number of anilines is 1. The summed E-state index contributed by atoms with van der Waals surface area (Å²) in [6.07, 6.45) is 0.821. The van der Waals surface area contributed by atoms with Gasteiger partial charge in [0, 0.05) is 30.6 Å². The lowest BCUT2D eigenvalue weighted by molar-refractivity contribution is 0.195. The lowest BCUT2D eigenvalue weighted by Crippen LogP contribution is -2.42. The van der Waals surface area contributed by atoms with Gasteiger partial charge < -0.3 is 15.3 Å². The van der Waals surface area contributed by atoms with E-state index in [4.69, 9.17) is 0 Å². The molecule has 1 fully saturated rings. The molecule has 1 aliphatic heterocycles. The number of carbonyl (C=O) groups excluding carboxylic acids is 1. The van der Waals surface area contributed by atoms with Crippen LogP contribution < -0.4 is 11.0 Å². The molecule has 1 saturated carbocycles. The maximum absolute atomic E-state index is 13.2. The summed E-state index contributed by atoms with van der Waals surface area (Å²) in [5.41, 5.74) is 4.14. The van der Waals surface area contributed by atoms with Crippen molar-refractivity contribution in [3.63, 3.8) is 0 Å². The molecule has 4 aromatic rings. The van der Waals surface area contributed by atoms with Gasteiger partial charge in [0.05, 0.1) is 12.2 Å². The van der Waals surface area contributed by atoms with Crippen LogP contribution in [0.4, 0.5) is 10.5 Å². The number of urea groups is 1. The second-order valence-electron chi connectivity index (χ2n) is 9.16. The highest BCUT2D eigenvalue weighted by Crippen LogP contribution is 2.52. The van der Waals surface area contributed by atoms with Crippen molar-refractivity contribution in [3.8, 4) is 17.0 Å². The first-order chi connectivity index (χ1) is 17.1. The zero-order valence-corrected chi connectivity index (χ0v) is 19.2. The maximum atomic E-state index is 13.2. The van der Waals surface area contributed by atoms with Crippen molar-refractivity contribution in [1.29, 1.82) is 0 Å². The van der Waals surface area contributed by atoms with Crippen LogP contribution in [0.5, 0.6) is 5.88 Å². The predicted molar refractivity (Wildman–Crippen MR) is 135 cm³/mol. The highest BCUT2D eigenvalue weighted by atomic mass is 16.3. The van der Waals surface area contributed by atoms with Crippen molar-refractivity contribution in [3.05, 3.63) is 107 Å². The number of carbonyl (C=O) groups is 1. The average Bonchev–Trinajstić information content (AvgIpc) is 3.65. The summed E-state index contributed by atoms with van der Waals surface area (Å²) >= 11 is 0.